The number of hydrogen-bond donors (Lipinski definition) is 4. The van der Waals surface area contributed by atoms with Crippen LogP contribution in [0.2, 0.25) is 0 Å². The molecule has 6 N–H and O–H groups in total. The van der Waals surface area contributed by atoms with Gasteiger partial charge in [-0.15, -0.1) is 0 Å². The van der Waals surface area contributed by atoms with Crippen LogP contribution in [0, 0.1) is 0 Å². The van der Waals surface area contributed by atoms with Crippen LogP contribution in [0.4, 0.5) is 0 Å². The summed E-state index contributed by atoms with van der Waals surface area (Å²) in [7, 11) is 0. The molecule has 0 aromatic heterocycles. The van der Waals surface area contributed by atoms with E-state index in [1.165, 1.54) is 12.1 Å². The van der Waals surface area contributed by atoms with Crippen LogP contribution in [-0.4, -0.2) is 35.3 Å². The second-order valence-electron chi connectivity index (χ2n) is 4.40. The van der Waals surface area contributed by atoms with Gasteiger partial charge >= 0.3 is 0 Å². The minimum atomic E-state index is -0.967. The van der Waals surface area contributed by atoms with Gasteiger partial charge in [0.15, 0.2) is 0 Å². The van der Waals surface area contributed by atoms with Crippen molar-refractivity contribution in [2.75, 3.05) is 0 Å². The van der Waals surface area contributed by atoms with E-state index in [0.29, 0.717) is 6.29 Å². The van der Waals surface area contributed by atoms with Crippen molar-refractivity contribution < 1.29 is 19.5 Å². The van der Waals surface area contributed by atoms with Gasteiger partial charge in [0.2, 0.25) is 11.8 Å². The fraction of sp³-hybridized carbons (Fsp3) is 0.308. The third-order valence-electron chi connectivity index (χ3n) is 2.64. The van der Waals surface area contributed by atoms with Crippen LogP contribution >= 0.6 is 0 Å². The standard InChI is InChI=1S/C13H17N3O4/c14-11(5-8-1-3-10(18)4-2-8)13(20)16-9(7-17)6-12(15)19/h1-4,7,9,11,18H,5-6,14H2,(H2,15,19)(H,16,20)/t9-,11-/m0/s1. The molecule has 0 fully saturated rings. The molecule has 0 bridgehead atoms. The Balaban J connectivity index is 2.55. The predicted molar refractivity (Wildman–Crippen MR) is 71.6 cm³/mol. The molecule has 0 aliphatic carbocycles. The van der Waals surface area contributed by atoms with Crippen molar-refractivity contribution in [3.05, 3.63) is 29.8 Å². The molecular formula is C13H17N3O4. The molecule has 0 unspecified atom stereocenters. The number of hydrogen-bond acceptors (Lipinski definition) is 5. The number of primary amides is 1. The third kappa shape index (κ3) is 5.07. The van der Waals surface area contributed by atoms with Gasteiger partial charge in [0.1, 0.15) is 12.0 Å². The zero-order chi connectivity index (χ0) is 15.1. The quantitative estimate of drug-likeness (QED) is 0.466. The Bertz CT molecular complexity index is 487. The van der Waals surface area contributed by atoms with Gasteiger partial charge in [0.05, 0.1) is 18.5 Å². The molecule has 1 rings (SSSR count). The van der Waals surface area contributed by atoms with E-state index in [1.54, 1.807) is 12.1 Å². The molecule has 7 nitrogen and oxygen atoms in total. The Morgan fingerprint density at radius 2 is 1.90 bits per heavy atom. The summed E-state index contributed by atoms with van der Waals surface area (Å²) in [6.45, 7) is 0. The number of phenols is 1. The maximum Gasteiger partial charge on any atom is 0.237 e. The summed E-state index contributed by atoms with van der Waals surface area (Å²) in [6, 6.07) is 4.43. The summed E-state index contributed by atoms with van der Waals surface area (Å²) < 4.78 is 0. The Labute approximate surface area is 115 Å². The van der Waals surface area contributed by atoms with E-state index in [1.807, 2.05) is 0 Å². The minimum Gasteiger partial charge on any atom is -0.508 e. The maximum atomic E-state index is 11.8. The lowest BCUT2D eigenvalue weighted by Gasteiger charge is -2.15. The van der Waals surface area contributed by atoms with Gasteiger partial charge in [-0.2, -0.15) is 0 Å². The zero-order valence-electron chi connectivity index (χ0n) is 10.8. The van der Waals surface area contributed by atoms with Crippen molar-refractivity contribution in [2.24, 2.45) is 11.5 Å². The third-order valence-corrected chi connectivity index (χ3v) is 2.64. The monoisotopic (exact) mass is 279 g/mol. The van der Waals surface area contributed by atoms with Crippen LogP contribution in [0.1, 0.15) is 12.0 Å². The van der Waals surface area contributed by atoms with Gasteiger partial charge in [-0.25, -0.2) is 0 Å². The Kier molecular flexibility index (Phi) is 5.67. The van der Waals surface area contributed by atoms with E-state index >= 15 is 0 Å². The highest BCUT2D eigenvalue weighted by molar-refractivity contribution is 5.86. The van der Waals surface area contributed by atoms with Gasteiger partial charge in [-0.05, 0) is 24.1 Å². The minimum absolute atomic E-state index is 0.120. The highest BCUT2D eigenvalue weighted by Gasteiger charge is 2.19. The van der Waals surface area contributed by atoms with E-state index in [0.717, 1.165) is 5.56 Å². The van der Waals surface area contributed by atoms with Gasteiger partial charge in [-0.3, -0.25) is 9.59 Å². The number of aldehydes is 1. The van der Waals surface area contributed by atoms with Crippen molar-refractivity contribution in [3.63, 3.8) is 0 Å². The summed E-state index contributed by atoms with van der Waals surface area (Å²) in [4.78, 5) is 33.2. The number of aromatic hydroxyl groups is 1. The van der Waals surface area contributed by atoms with Crippen LogP contribution < -0.4 is 16.8 Å². The first kappa shape index (κ1) is 15.6. The summed E-state index contributed by atoms with van der Waals surface area (Å²) in [5.74, 6) is -1.11. The smallest absolute Gasteiger partial charge is 0.237 e. The summed E-state index contributed by atoms with van der Waals surface area (Å²) >= 11 is 0. The molecule has 0 aliphatic rings. The van der Waals surface area contributed by atoms with Gasteiger partial charge in [0, 0.05) is 0 Å². The van der Waals surface area contributed by atoms with E-state index < -0.39 is 23.9 Å². The number of rotatable bonds is 7. The van der Waals surface area contributed by atoms with Crippen molar-refractivity contribution in [1.82, 2.24) is 5.32 Å². The average Bonchev–Trinajstić information content (AvgIpc) is 2.39. The number of nitrogens with two attached hydrogens (primary N) is 2. The lowest BCUT2D eigenvalue weighted by molar-refractivity contribution is -0.126. The molecule has 1 aromatic carbocycles. The lowest BCUT2D eigenvalue weighted by Crippen LogP contribution is -2.48. The molecule has 1 aromatic rings. The number of carbonyl (C=O) groups is 3. The second kappa shape index (κ2) is 7.25. The molecular weight excluding hydrogens is 262 g/mol. The number of benzene rings is 1. The van der Waals surface area contributed by atoms with E-state index in [9.17, 15) is 14.4 Å². The number of phenolic OH excluding ortho intramolecular Hbond substituents is 1. The highest BCUT2D eigenvalue weighted by atomic mass is 16.3. The molecule has 0 spiro atoms. The lowest BCUT2D eigenvalue weighted by atomic mass is 10.1. The summed E-state index contributed by atoms with van der Waals surface area (Å²) in [6.07, 6.45) is 0.422. The molecule has 0 heterocycles. The number of amides is 2. The molecule has 7 heteroatoms. The van der Waals surface area contributed by atoms with Gasteiger partial charge < -0.3 is 26.7 Å². The van der Waals surface area contributed by atoms with Crippen LogP contribution in [0.5, 0.6) is 5.75 Å². The Morgan fingerprint density at radius 3 is 2.40 bits per heavy atom. The van der Waals surface area contributed by atoms with Gasteiger partial charge in [-0.1, -0.05) is 12.1 Å². The fourth-order valence-electron chi connectivity index (χ4n) is 1.62. The molecule has 2 amide bonds. The van der Waals surface area contributed by atoms with Crippen molar-refractivity contribution in [2.45, 2.75) is 24.9 Å². The first-order chi connectivity index (χ1) is 9.42. The normalized spacial score (nSPS) is 13.2. The molecule has 0 saturated heterocycles. The van der Waals surface area contributed by atoms with Gasteiger partial charge in [0.25, 0.3) is 0 Å². The maximum absolute atomic E-state index is 11.8. The summed E-state index contributed by atoms with van der Waals surface area (Å²) in [5, 5.41) is 11.5. The van der Waals surface area contributed by atoms with Crippen LogP contribution in [0.25, 0.3) is 0 Å². The molecule has 2 atom stereocenters. The van der Waals surface area contributed by atoms with E-state index in [-0.39, 0.29) is 18.6 Å². The van der Waals surface area contributed by atoms with Crippen molar-refractivity contribution >= 4 is 18.1 Å². The Hall–Kier alpha value is -2.41. The SMILES string of the molecule is NC(=O)C[C@@H](C=O)NC(=O)[C@@H](N)Cc1ccc(O)cc1. The van der Waals surface area contributed by atoms with E-state index in [4.69, 9.17) is 16.6 Å². The molecule has 0 aliphatic heterocycles. The molecule has 0 saturated carbocycles. The first-order valence-electron chi connectivity index (χ1n) is 6.00. The largest absolute Gasteiger partial charge is 0.508 e. The van der Waals surface area contributed by atoms with Crippen LogP contribution in [-0.2, 0) is 20.8 Å². The number of nitrogens with one attached hydrogen (secondary N) is 1. The van der Waals surface area contributed by atoms with Crippen LogP contribution in [0.15, 0.2) is 24.3 Å². The van der Waals surface area contributed by atoms with Crippen molar-refractivity contribution in [1.29, 1.82) is 0 Å². The summed E-state index contributed by atoms with van der Waals surface area (Å²) in [5.41, 5.74) is 11.4. The predicted octanol–water partition coefficient (Wildman–Crippen LogP) is -1.18. The molecule has 20 heavy (non-hydrogen) atoms. The molecule has 0 radical (unpaired) electrons. The fourth-order valence-corrected chi connectivity index (χ4v) is 1.62. The first-order valence-corrected chi connectivity index (χ1v) is 6.00. The molecule has 108 valence electrons. The number of carbonyl (C=O) groups excluding carboxylic acids is 3. The average molecular weight is 279 g/mol. The Morgan fingerprint density at radius 1 is 1.30 bits per heavy atom. The topological polar surface area (TPSA) is 136 Å². The highest BCUT2D eigenvalue weighted by Crippen LogP contribution is 2.10. The van der Waals surface area contributed by atoms with Crippen LogP contribution in [0.3, 0.4) is 0 Å². The zero-order valence-corrected chi connectivity index (χ0v) is 10.8. The van der Waals surface area contributed by atoms with Crippen molar-refractivity contribution in [3.8, 4) is 5.75 Å². The van der Waals surface area contributed by atoms with E-state index in [2.05, 4.69) is 5.32 Å². The second-order valence-corrected chi connectivity index (χ2v) is 4.40.